The standard InChI is InChI=1S/C23H22N4O4.C18H23NO4.C16H16N4O4.C13H15NO2.C11H17NO4.C10H9N3O3.C7H7Br/c24-22(29)21-16-8-4-5-9-17(16)26(25-21)12-20(28)27-18-10-15(18)11-19(27)23(30)31-13-14-6-2-1-3-7-14;1-18(2,3)23-17(21)19-14-9-13(14)10-15(19)16(20)22-11-12-7-5-4-6-8-12;17-15(22)14-9-3-1-2-4-10(9)19(18-14)7-13(21)20-11-5-8(11)6-12(20)16(23)24;15-13(12-7-10-6-11(10)14-12)16-8-9-4-2-1-3-5-9;1-11(2,3)16-10(15)12-7-4-6(7)5-8(12)9(13)14;11-10(16)9-6-3-1-2-4-7(6)13(12-9)5-8(14)15;8-6-7-4-2-1-3-5-7/h1-9,15,18-19H,10-13H2,(H2,24,29);4-8,13-15H,9-11H2,1-3H3;1-4,8,11-12H,5-7H2,(H2,17,22)(H,23,24);1-5,10-12,14H,6-8H2;6-8H,4-5H2,1-3H3,(H,13,14);1-4H,5H2,(H2,11,16)(H,14,15);1-5H,6H2/t15-,18-,19+;13-,14-,15+;8-,11-,12+;10-,11-,12+;6-,7-,8+;;/m11111../s1. The zero-order chi connectivity index (χ0) is 95.7. The summed E-state index contributed by atoms with van der Waals surface area (Å²) in [5.74, 6) is -4.08. The van der Waals surface area contributed by atoms with Crippen LogP contribution in [0.1, 0.15) is 159 Å². The fourth-order valence-corrected chi connectivity index (χ4v) is 18.3. The number of benzene rings is 7. The van der Waals surface area contributed by atoms with Crippen molar-refractivity contribution in [3.63, 3.8) is 0 Å². The molecular weight excluding hydrogens is 1790 g/mol. The summed E-state index contributed by atoms with van der Waals surface area (Å²) in [7, 11) is 0. The number of primary amides is 3. The molecular formula is C98H109BrN14O21. The average molecular weight is 1900 g/mol. The van der Waals surface area contributed by atoms with Crippen LogP contribution in [0.2, 0.25) is 0 Å². The molecule has 15 atom stereocenters. The van der Waals surface area contributed by atoms with Crippen molar-refractivity contribution in [3.05, 3.63) is 233 Å². The van der Waals surface area contributed by atoms with Crippen molar-refractivity contribution in [2.45, 2.75) is 222 Å². The van der Waals surface area contributed by atoms with Crippen LogP contribution in [0.25, 0.3) is 32.7 Å². The third kappa shape index (κ3) is 23.9. The van der Waals surface area contributed by atoms with E-state index in [4.69, 9.17) is 51.1 Å². The van der Waals surface area contributed by atoms with Crippen molar-refractivity contribution in [2.75, 3.05) is 0 Å². The highest BCUT2D eigenvalue weighted by Gasteiger charge is 2.61. The van der Waals surface area contributed by atoms with Gasteiger partial charge in [-0.05, 0) is 176 Å². The molecule has 8 heterocycles. The van der Waals surface area contributed by atoms with E-state index in [-0.39, 0.29) is 110 Å². The Morgan fingerprint density at radius 2 is 0.664 bits per heavy atom. The number of carboxylic acid groups (broad SMARTS) is 3. The van der Waals surface area contributed by atoms with Crippen molar-refractivity contribution in [3.8, 4) is 0 Å². The number of fused-ring (bicyclic) bond motifs is 8. The molecule has 704 valence electrons. The van der Waals surface area contributed by atoms with Crippen LogP contribution in [0, 0.1) is 29.6 Å². The number of piperidine rings is 5. The molecule has 10 aromatic rings. The molecule has 5 saturated carbocycles. The van der Waals surface area contributed by atoms with Crippen LogP contribution in [0.3, 0.4) is 0 Å². The predicted octanol–water partition coefficient (Wildman–Crippen LogP) is 11.0. The van der Waals surface area contributed by atoms with Crippen LogP contribution >= 0.6 is 15.9 Å². The third-order valence-corrected chi connectivity index (χ3v) is 25.3. The van der Waals surface area contributed by atoms with Gasteiger partial charge >= 0.3 is 48.0 Å². The molecule has 20 rings (SSSR count). The first-order valence-electron chi connectivity index (χ1n) is 44.6. The number of carboxylic acids is 3. The summed E-state index contributed by atoms with van der Waals surface area (Å²) >= 11 is 3.36. The molecule has 7 aromatic carbocycles. The van der Waals surface area contributed by atoms with E-state index in [1.807, 2.05) is 136 Å². The summed E-state index contributed by atoms with van der Waals surface area (Å²) in [4.78, 5) is 160. The van der Waals surface area contributed by atoms with Gasteiger partial charge in [-0.25, -0.2) is 28.8 Å². The van der Waals surface area contributed by atoms with Gasteiger partial charge in [-0.2, -0.15) is 15.3 Å². The van der Waals surface area contributed by atoms with Crippen LogP contribution in [-0.4, -0.2) is 213 Å². The summed E-state index contributed by atoms with van der Waals surface area (Å²) in [6.07, 6.45) is 7.31. The van der Waals surface area contributed by atoms with Gasteiger partial charge < -0.3 is 71.3 Å². The summed E-state index contributed by atoms with van der Waals surface area (Å²) in [5, 5.41) is 45.3. The first kappa shape index (κ1) is 96.2. The number of para-hydroxylation sites is 3. The van der Waals surface area contributed by atoms with Crippen LogP contribution in [0.4, 0.5) is 9.59 Å². The Hall–Kier alpha value is -13.9. The number of ether oxygens (including phenoxy) is 5. The number of aromatic nitrogens is 6. The number of carbonyl (C=O) groups excluding carboxylic acids is 10. The number of hydrogen-bond acceptors (Lipinski definition) is 22. The predicted molar refractivity (Wildman–Crippen MR) is 490 cm³/mol. The summed E-state index contributed by atoms with van der Waals surface area (Å²) in [6, 6.07) is 58.4. The Bertz CT molecular complexity index is 6010. The van der Waals surface area contributed by atoms with Gasteiger partial charge in [-0.15, -0.1) is 0 Å². The number of amides is 7. The second-order valence-corrected chi connectivity index (χ2v) is 37.4. The van der Waals surface area contributed by atoms with E-state index in [0.717, 1.165) is 60.0 Å². The van der Waals surface area contributed by atoms with Crippen molar-refractivity contribution < 1.29 is 101 Å². The van der Waals surface area contributed by atoms with Gasteiger partial charge in [0.15, 0.2) is 17.1 Å². The molecule has 134 heavy (non-hydrogen) atoms. The van der Waals surface area contributed by atoms with E-state index in [2.05, 4.69) is 48.7 Å². The largest absolute Gasteiger partial charge is 0.480 e. The topological polar surface area (TPSA) is 485 Å². The number of alkyl halides is 1. The van der Waals surface area contributed by atoms with Crippen molar-refractivity contribution in [1.82, 2.24) is 54.3 Å². The first-order valence-corrected chi connectivity index (χ1v) is 45.7. The van der Waals surface area contributed by atoms with E-state index in [1.165, 1.54) is 35.8 Å². The highest BCUT2D eigenvalue weighted by atomic mass is 79.9. The molecule has 7 amide bonds. The first-order chi connectivity index (χ1) is 64.0. The maximum atomic E-state index is 13.2. The fraction of sp³-hybridized carbons (Fsp3) is 0.408. The summed E-state index contributed by atoms with van der Waals surface area (Å²) in [6.45, 7) is 11.1. The van der Waals surface area contributed by atoms with E-state index in [1.54, 1.807) is 97.3 Å². The van der Waals surface area contributed by atoms with Crippen molar-refractivity contribution in [1.29, 1.82) is 0 Å². The molecule has 10 aliphatic rings. The monoisotopic (exact) mass is 1900 g/mol. The number of nitrogens with two attached hydrogens (primary N) is 3. The lowest BCUT2D eigenvalue weighted by atomic mass is 10.1. The van der Waals surface area contributed by atoms with E-state index < -0.39 is 83.2 Å². The molecule has 3 aromatic heterocycles. The lowest BCUT2D eigenvalue weighted by Crippen LogP contribution is -2.46. The minimum Gasteiger partial charge on any atom is -0.480 e. The number of esters is 3. The molecule has 0 spiro atoms. The molecule has 5 saturated heterocycles. The second kappa shape index (κ2) is 41.5. The Morgan fingerprint density at radius 3 is 0.985 bits per heavy atom. The summed E-state index contributed by atoms with van der Waals surface area (Å²) in [5.41, 5.74) is 21.2. The number of halogens is 1. The van der Waals surface area contributed by atoms with Crippen LogP contribution in [0.15, 0.2) is 194 Å². The maximum absolute atomic E-state index is 13.2. The van der Waals surface area contributed by atoms with Gasteiger partial charge in [0.25, 0.3) is 17.7 Å². The average Bonchev–Trinajstić information content (AvgIpc) is 1.51. The zero-order valence-corrected chi connectivity index (χ0v) is 76.5. The lowest BCUT2D eigenvalue weighted by Gasteiger charge is -2.29. The molecule has 5 aliphatic carbocycles. The Kier molecular flexibility index (Phi) is 29.8. The van der Waals surface area contributed by atoms with Gasteiger partial charge in [-0.3, -0.25) is 57.4 Å². The van der Waals surface area contributed by atoms with Gasteiger partial charge in [-0.1, -0.05) is 192 Å². The molecule has 5 aliphatic heterocycles. The Morgan fingerprint density at radius 1 is 0.366 bits per heavy atom. The van der Waals surface area contributed by atoms with E-state index in [0.29, 0.717) is 94.7 Å². The zero-order valence-electron chi connectivity index (χ0n) is 74.9. The molecule has 10 fully saturated rings. The second-order valence-electron chi connectivity index (χ2n) is 36.8. The van der Waals surface area contributed by atoms with E-state index >= 15 is 0 Å². The van der Waals surface area contributed by atoms with Crippen LogP contribution in [-0.2, 0) is 107 Å². The van der Waals surface area contributed by atoms with Gasteiger partial charge in [0, 0.05) is 51.7 Å². The van der Waals surface area contributed by atoms with Gasteiger partial charge in [0.05, 0.1) is 16.6 Å². The Labute approximate surface area is 779 Å². The quantitative estimate of drug-likeness (QED) is 0.0200. The minimum atomic E-state index is -1.02. The maximum Gasteiger partial charge on any atom is 0.411 e. The summed E-state index contributed by atoms with van der Waals surface area (Å²) < 4.78 is 31.0. The van der Waals surface area contributed by atoms with Gasteiger partial charge in [0.1, 0.15) is 80.9 Å². The van der Waals surface area contributed by atoms with Crippen LogP contribution < -0.4 is 22.5 Å². The number of carbonyl (C=O) groups is 13. The molecule has 35 nitrogen and oxygen atoms in total. The Balaban J connectivity index is 0.000000129. The smallest absolute Gasteiger partial charge is 0.411 e. The number of rotatable bonds is 21. The normalized spacial score (nSPS) is 23.2. The fourth-order valence-electron chi connectivity index (χ4n) is 17.9. The van der Waals surface area contributed by atoms with E-state index in [9.17, 15) is 67.4 Å². The molecule has 0 unspecified atom stereocenters. The number of likely N-dealkylation sites (tertiary alicyclic amines) is 4. The number of nitrogens with one attached hydrogen (secondary N) is 1. The van der Waals surface area contributed by atoms with Crippen molar-refractivity contribution in [2.24, 2.45) is 46.8 Å². The van der Waals surface area contributed by atoms with Crippen molar-refractivity contribution >= 4 is 126 Å². The number of hydrogen-bond donors (Lipinski definition) is 7. The molecule has 36 heteroatoms. The lowest BCUT2D eigenvalue weighted by molar-refractivity contribution is -0.155. The third-order valence-electron chi connectivity index (χ3n) is 24.7. The number of nitrogens with zero attached hydrogens (tertiary/aromatic N) is 10. The highest BCUT2D eigenvalue weighted by Crippen LogP contribution is 2.52. The van der Waals surface area contributed by atoms with Gasteiger partial charge in [0.2, 0.25) is 11.8 Å². The number of aliphatic carboxylic acids is 3. The SMILES string of the molecule is BrCc1ccccc1.CC(C)(C)OC(=O)N1[C@@H]2C[C@@H]2C[C@H]1C(=O)O.CC(C)(C)OC(=O)N1[C@@H]2C[C@@H]2C[C@H]1C(=O)OCc1ccccc1.NC(=O)c1nn(CC(=O)N2[C@@H]3C[C@@H]3C[C@H]2C(=O)O)c2ccccc12.NC(=O)c1nn(CC(=O)N2[C@@H]3C[C@@H]3C[C@H]2C(=O)OCc2ccccc2)c2ccccc12.NC(=O)c1nn(CC(=O)O)c2ccccc12.O=C(OCc1ccccc1)[C@@H]1C[C@H]2C[C@H]2N1. The highest BCUT2D eigenvalue weighted by molar-refractivity contribution is 9.08. The van der Waals surface area contributed by atoms with Crippen LogP contribution in [0.5, 0.6) is 0 Å². The molecule has 10 N–H and O–H groups in total. The minimum absolute atomic E-state index is 0.0241. The molecule has 0 bridgehead atoms. The molecule has 0 radical (unpaired) electrons.